The molecule has 62 heavy (non-hydrogen) atoms. The minimum absolute atomic E-state index is 0. The summed E-state index contributed by atoms with van der Waals surface area (Å²) in [7, 11) is 0. The molecule has 0 unspecified atom stereocenters. The zero-order valence-corrected chi connectivity index (χ0v) is 35.9. The quantitative estimate of drug-likeness (QED) is 0.0801. The van der Waals surface area contributed by atoms with Gasteiger partial charge in [0.05, 0.1) is 29.1 Å². The number of hydrogen-bond donors (Lipinski definition) is 4. The lowest BCUT2D eigenvalue weighted by molar-refractivity contribution is 0.0991. The molecule has 19 nitrogen and oxygen atoms in total. The average Bonchev–Trinajstić information content (AvgIpc) is 4.01. The number of fused-ring (bicyclic) bond motifs is 4. The molecule has 6 aromatic heterocycles. The Morgan fingerprint density at radius 1 is 0.823 bits per heavy atom. The number of halogens is 1. The second kappa shape index (κ2) is 18.5. The van der Waals surface area contributed by atoms with Crippen molar-refractivity contribution in [3.8, 4) is 17.3 Å². The fraction of sp³-hybridized carbons (Fsp3) is 0.357. The highest BCUT2D eigenvalue weighted by Gasteiger charge is 2.23. The maximum absolute atomic E-state index is 13.6. The van der Waals surface area contributed by atoms with E-state index >= 15 is 0 Å². The lowest BCUT2D eigenvalue weighted by Crippen LogP contribution is -2.43. The Kier molecular flexibility index (Phi) is 13.0. The van der Waals surface area contributed by atoms with Crippen LogP contribution in [0.25, 0.3) is 44.6 Å². The van der Waals surface area contributed by atoms with Gasteiger partial charge in [-0.15, -0.1) is 12.4 Å². The SMILES string of the molecule is CCn1nc(C)cc1C(=O)Nc1nc2cc(C(N)=O)cnc2n1C/C=C/Cn1c2nc(-c3cc(C)nn3CC)ncc2c2cc(C(N)=O)cc(OCCCN3CCNCC3)c21.Cl. The number of imidazole rings is 1. The normalized spacial score (nSPS) is 13.4. The number of carbonyl (C=O) groups is 3. The van der Waals surface area contributed by atoms with E-state index < -0.39 is 17.7 Å². The topological polar surface area (TPSA) is 237 Å². The minimum atomic E-state index is -0.643. The number of ether oxygens (including phenoxy) is 1. The molecule has 0 aliphatic carbocycles. The molecule has 0 saturated carbocycles. The molecule has 8 rings (SSSR count). The largest absolute Gasteiger partial charge is 0.491 e. The van der Waals surface area contributed by atoms with E-state index in [9.17, 15) is 14.4 Å². The van der Waals surface area contributed by atoms with Crippen molar-refractivity contribution in [1.82, 2.24) is 58.8 Å². The van der Waals surface area contributed by atoms with E-state index in [1.54, 1.807) is 39.7 Å². The Hall–Kier alpha value is -6.70. The third kappa shape index (κ3) is 8.72. The molecule has 3 amide bonds. The summed E-state index contributed by atoms with van der Waals surface area (Å²) in [4.78, 5) is 59.8. The molecule has 0 atom stereocenters. The Labute approximate surface area is 362 Å². The number of allylic oxidation sites excluding steroid dienone is 2. The predicted octanol–water partition coefficient (Wildman–Crippen LogP) is 3.85. The van der Waals surface area contributed by atoms with Gasteiger partial charge in [-0.05, 0) is 64.4 Å². The van der Waals surface area contributed by atoms with Crippen molar-refractivity contribution >= 4 is 69.2 Å². The molecule has 7 aromatic rings. The number of nitrogens with two attached hydrogens (primary N) is 2. The zero-order chi connectivity index (χ0) is 42.8. The van der Waals surface area contributed by atoms with Crippen LogP contribution in [0, 0.1) is 13.8 Å². The van der Waals surface area contributed by atoms with Gasteiger partial charge in [-0.1, -0.05) is 12.2 Å². The lowest BCUT2D eigenvalue weighted by Gasteiger charge is -2.27. The first-order chi connectivity index (χ1) is 29.5. The van der Waals surface area contributed by atoms with Crippen molar-refractivity contribution in [2.75, 3.05) is 44.6 Å². The van der Waals surface area contributed by atoms with Crippen molar-refractivity contribution in [3.05, 3.63) is 83.1 Å². The molecule has 7 heterocycles. The fourth-order valence-electron chi connectivity index (χ4n) is 7.80. The number of nitrogens with zero attached hydrogens (tertiary/aromatic N) is 11. The maximum atomic E-state index is 13.6. The highest BCUT2D eigenvalue weighted by Crippen LogP contribution is 2.36. The Bertz CT molecular complexity index is 2830. The second-order valence-electron chi connectivity index (χ2n) is 14.9. The molecule has 0 bridgehead atoms. The molecule has 1 aliphatic rings. The number of aromatic nitrogens is 10. The number of pyridine rings is 1. The zero-order valence-electron chi connectivity index (χ0n) is 35.1. The Balaban J connectivity index is 0.00000578. The summed E-state index contributed by atoms with van der Waals surface area (Å²) < 4.78 is 13.8. The second-order valence-corrected chi connectivity index (χ2v) is 14.9. The number of rotatable bonds is 16. The summed E-state index contributed by atoms with van der Waals surface area (Å²) in [5.41, 5.74) is 16.9. The number of amides is 3. The van der Waals surface area contributed by atoms with Gasteiger partial charge in [0.25, 0.3) is 5.91 Å². The molecule has 324 valence electrons. The number of primary amides is 2. The van der Waals surface area contributed by atoms with E-state index in [1.165, 1.54) is 6.20 Å². The Morgan fingerprint density at radius 2 is 1.53 bits per heavy atom. The number of aryl methyl sites for hydroxylation is 4. The van der Waals surface area contributed by atoms with Gasteiger partial charge in [0, 0.05) is 87.6 Å². The van der Waals surface area contributed by atoms with Crippen molar-refractivity contribution in [1.29, 1.82) is 0 Å². The van der Waals surface area contributed by atoms with Gasteiger partial charge in [-0.25, -0.2) is 19.9 Å². The molecule has 0 radical (unpaired) electrons. The summed E-state index contributed by atoms with van der Waals surface area (Å²) in [5.74, 6) is -0.370. The van der Waals surface area contributed by atoms with Crippen LogP contribution >= 0.6 is 12.4 Å². The Morgan fingerprint density at radius 3 is 2.26 bits per heavy atom. The van der Waals surface area contributed by atoms with Crippen LogP contribution in [0.2, 0.25) is 0 Å². The van der Waals surface area contributed by atoms with Crippen LogP contribution in [-0.4, -0.2) is 111 Å². The fourth-order valence-corrected chi connectivity index (χ4v) is 7.80. The number of benzene rings is 1. The first-order valence-corrected chi connectivity index (χ1v) is 20.4. The van der Waals surface area contributed by atoms with Crippen LogP contribution in [0.5, 0.6) is 5.75 Å². The van der Waals surface area contributed by atoms with E-state index in [-0.39, 0.29) is 30.5 Å². The highest BCUT2D eigenvalue weighted by atomic mass is 35.5. The van der Waals surface area contributed by atoms with Gasteiger partial charge in [-0.3, -0.25) is 33.6 Å². The first-order valence-electron chi connectivity index (χ1n) is 20.4. The van der Waals surface area contributed by atoms with Crippen molar-refractivity contribution in [2.45, 2.75) is 60.3 Å². The monoisotopic (exact) mass is 863 g/mol. The number of carbonyl (C=O) groups excluding carboxylic acids is 3. The van der Waals surface area contributed by atoms with Gasteiger partial charge in [-0.2, -0.15) is 10.2 Å². The van der Waals surface area contributed by atoms with Crippen LogP contribution in [0.15, 0.2) is 54.9 Å². The van der Waals surface area contributed by atoms with Gasteiger partial charge in [0.1, 0.15) is 28.3 Å². The third-order valence-electron chi connectivity index (χ3n) is 10.7. The van der Waals surface area contributed by atoms with Crippen LogP contribution in [-0.2, 0) is 26.2 Å². The van der Waals surface area contributed by atoms with Crippen molar-refractivity contribution < 1.29 is 19.1 Å². The van der Waals surface area contributed by atoms with Crippen molar-refractivity contribution in [2.24, 2.45) is 11.5 Å². The van der Waals surface area contributed by atoms with Gasteiger partial charge in [0.15, 0.2) is 11.5 Å². The number of piperazine rings is 1. The average molecular weight is 864 g/mol. The molecule has 1 aliphatic heterocycles. The standard InChI is InChI=1S/C42H49N15O4.ClH/c1-5-56-32(18-25(3)51-56)38-46-24-30-29-20-27(36(43)58)22-34(61-17-9-12-53-15-10-45-11-16-53)35(29)54(39(30)49-38)13-7-8-14-55-40-31(21-28(23-47-40)37(44)59)48-42(55)50-41(60)33-19-26(4)52-57(33)6-2;/h7-8,18-24,45H,5-6,9-17H2,1-4H3,(H2,43,58)(H2,44,59)(H,48,50,60);1H/b8-7+;. The van der Waals surface area contributed by atoms with Gasteiger partial charge in [0.2, 0.25) is 17.8 Å². The number of anilines is 1. The summed E-state index contributed by atoms with van der Waals surface area (Å²) in [6, 6.07) is 8.68. The molecule has 1 fully saturated rings. The molecule has 1 aromatic carbocycles. The smallest absolute Gasteiger partial charge is 0.276 e. The third-order valence-corrected chi connectivity index (χ3v) is 10.7. The van der Waals surface area contributed by atoms with Gasteiger partial charge >= 0.3 is 0 Å². The molecule has 20 heteroatoms. The van der Waals surface area contributed by atoms with E-state index in [1.807, 2.05) is 55.2 Å². The van der Waals surface area contributed by atoms with E-state index in [0.29, 0.717) is 71.6 Å². The summed E-state index contributed by atoms with van der Waals surface area (Å²) >= 11 is 0. The summed E-state index contributed by atoms with van der Waals surface area (Å²) in [6.45, 7) is 14.6. The van der Waals surface area contributed by atoms with Crippen LogP contribution in [0.3, 0.4) is 0 Å². The highest BCUT2D eigenvalue weighted by molar-refractivity contribution is 6.12. The van der Waals surface area contributed by atoms with E-state index in [4.69, 9.17) is 26.2 Å². The van der Waals surface area contributed by atoms with Crippen LogP contribution < -0.4 is 26.8 Å². The summed E-state index contributed by atoms with van der Waals surface area (Å²) in [5, 5.41) is 16.8. The number of hydrogen-bond acceptors (Lipinski definition) is 12. The molecule has 1 saturated heterocycles. The van der Waals surface area contributed by atoms with E-state index in [2.05, 4.69) is 35.7 Å². The number of nitrogens with one attached hydrogen (secondary N) is 2. The van der Waals surface area contributed by atoms with Crippen LogP contribution in [0.1, 0.15) is 62.9 Å². The van der Waals surface area contributed by atoms with Crippen molar-refractivity contribution in [3.63, 3.8) is 0 Å². The molecular weight excluding hydrogens is 814 g/mol. The van der Waals surface area contributed by atoms with Crippen LogP contribution in [0.4, 0.5) is 5.95 Å². The summed E-state index contributed by atoms with van der Waals surface area (Å²) in [6.07, 6.45) is 7.86. The predicted molar refractivity (Wildman–Crippen MR) is 238 cm³/mol. The molecule has 0 spiro atoms. The van der Waals surface area contributed by atoms with Gasteiger partial charge < -0.3 is 31.0 Å². The molecular formula is C42H50ClN15O4. The van der Waals surface area contributed by atoms with E-state index in [0.717, 1.165) is 66.8 Å². The molecule has 6 N–H and O–H groups in total. The first kappa shape index (κ1) is 43.4. The lowest BCUT2D eigenvalue weighted by atomic mass is 10.1. The minimum Gasteiger partial charge on any atom is -0.491 e. The maximum Gasteiger partial charge on any atom is 0.276 e.